The molecule has 0 unspecified atom stereocenters. The molecule has 0 aliphatic heterocycles. The van der Waals surface area contributed by atoms with Crippen LogP contribution in [0.2, 0.25) is 0 Å². The average molecular weight is 251 g/mol. The lowest BCUT2D eigenvalue weighted by atomic mass is 10.0. The summed E-state index contributed by atoms with van der Waals surface area (Å²) in [7, 11) is 3.39. The van der Waals surface area contributed by atoms with E-state index in [0.717, 1.165) is 30.0 Å². The number of hydrogen-bond donors (Lipinski definition) is 1. The van der Waals surface area contributed by atoms with Crippen LogP contribution in [0.1, 0.15) is 31.9 Å². The van der Waals surface area contributed by atoms with Gasteiger partial charge < -0.3 is 14.8 Å². The van der Waals surface area contributed by atoms with Crippen molar-refractivity contribution in [2.45, 2.75) is 39.7 Å². The summed E-state index contributed by atoms with van der Waals surface area (Å²) in [6.07, 6.45) is 0.950. The third kappa shape index (κ3) is 3.91. The Morgan fingerprint density at radius 1 is 1.11 bits per heavy atom. The molecule has 0 heterocycles. The van der Waals surface area contributed by atoms with Crippen LogP contribution >= 0.6 is 0 Å². The zero-order valence-electron chi connectivity index (χ0n) is 12.4. The van der Waals surface area contributed by atoms with Gasteiger partial charge in [0.1, 0.15) is 11.5 Å². The molecular formula is C15H25NO2. The molecule has 1 aromatic rings. The number of nitrogens with one attached hydrogen (secondary N) is 1. The lowest BCUT2D eigenvalue weighted by Crippen LogP contribution is -2.37. The standard InChI is InChI=1S/C15H25NO2/c1-11-13(17-5)8-7-12(14(11)18-6)9-10-16-15(2,3)4/h7-8,16H,9-10H2,1-6H3. The quantitative estimate of drug-likeness (QED) is 0.872. The van der Waals surface area contributed by atoms with E-state index in [1.165, 1.54) is 5.56 Å². The molecule has 0 spiro atoms. The van der Waals surface area contributed by atoms with Crippen molar-refractivity contribution < 1.29 is 9.47 Å². The Hall–Kier alpha value is -1.22. The van der Waals surface area contributed by atoms with E-state index in [0.29, 0.717) is 0 Å². The zero-order chi connectivity index (χ0) is 13.8. The molecule has 0 amide bonds. The van der Waals surface area contributed by atoms with Crippen molar-refractivity contribution in [1.82, 2.24) is 5.32 Å². The number of ether oxygens (including phenoxy) is 2. The van der Waals surface area contributed by atoms with Crippen molar-refractivity contribution in [3.05, 3.63) is 23.3 Å². The second-order valence-electron chi connectivity index (χ2n) is 5.51. The summed E-state index contributed by atoms with van der Waals surface area (Å²) in [5.74, 6) is 1.81. The first-order chi connectivity index (χ1) is 8.39. The molecule has 0 aliphatic carbocycles. The normalized spacial score (nSPS) is 11.4. The van der Waals surface area contributed by atoms with Crippen LogP contribution in [-0.2, 0) is 6.42 Å². The van der Waals surface area contributed by atoms with Gasteiger partial charge >= 0.3 is 0 Å². The Balaban J connectivity index is 2.80. The van der Waals surface area contributed by atoms with Crippen molar-refractivity contribution in [1.29, 1.82) is 0 Å². The van der Waals surface area contributed by atoms with Gasteiger partial charge in [0.2, 0.25) is 0 Å². The third-order valence-corrected chi connectivity index (χ3v) is 2.91. The minimum Gasteiger partial charge on any atom is -0.496 e. The molecule has 0 atom stereocenters. The Kier molecular flexibility index (Phi) is 5.03. The first-order valence-electron chi connectivity index (χ1n) is 6.34. The SMILES string of the molecule is COc1ccc(CCNC(C)(C)C)c(OC)c1C. The van der Waals surface area contributed by atoms with Gasteiger partial charge in [-0.1, -0.05) is 6.07 Å². The molecule has 3 nitrogen and oxygen atoms in total. The molecule has 1 rings (SSSR count). The lowest BCUT2D eigenvalue weighted by molar-refractivity contribution is 0.382. The maximum atomic E-state index is 5.49. The van der Waals surface area contributed by atoms with Crippen LogP contribution < -0.4 is 14.8 Å². The predicted molar refractivity (Wildman–Crippen MR) is 75.7 cm³/mol. The van der Waals surface area contributed by atoms with Crippen LogP contribution in [0.3, 0.4) is 0 Å². The van der Waals surface area contributed by atoms with Gasteiger partial charge in [-0.2, -0.15) is 0 Å². The van der Waals surface area contributed by atoms with Crippen LogP contribution in [0.5, 0.6) is 11.5 Å². The molecule has 0 aromatic heterocycles. The van der Waals surface area contributed by atoms with Gasteiger partial charge in [-0.3, -0.25) is 0 Å². The maximum absolute atomic E-state index is 5.49. The Morgan fingerprint density at radius 2 is 1.78 bits per heavy atom. The molecule has 1 N–H and O–H groups in total. The summed E-state index contributed by atoms with van der Waals surface area (Å²) >= 11 is 0. The van der Waals surface area contributed by atoms with Gasteiger partial charge in [0.05, 0.1) is 14.2 Å². The van der Waals surface area contributed by atoms with Crippen LogP contribution in [-0.4, -0.2) is 26.3 Å². The zero-order valence-corrected chi connectivity index (χ0v) is 12.4. The summed E-state index contributed by atoms with van der Waals surface area (Å²) in [5, 5.41) is 3.48. The van der Waals surface area contributed by atoms with Gasteiger partial charge in [0.15, 0.2) is 0 Å². The smallest absolute Gasteiger partial charge is 0.128 e. The molecule has 0 fully saturated rings. The fourth-order valence-electron chi connectivity index (χ4n) is 2.00. The topological polar surface area (TPSA) is 30.5 Å². The van der Waals surface area contributed by atoms with E-state index in [2.05, 4.69) is 32.2 Å². The van der Waals surface area contributed by atoms with E-state index in [9.17, 15) is 0 Å². The fourth-order valence-corrected chi connectivity index (χ4v) is 2.00. The van der Waals surface area contributed by atoms with Crippen molar-refractivity contribution >= 4 is 0 Å². The second-order valence-corrected chi connectivity index (χ2v) is 5.51. The van der Waals surface area contributed by atoms with E-state index in [4.69, 9.17) is 9.47 Å². The summed E-state index contributed by atoms with van der Waals surface area (Å²) in [4.78, 5) is 0. The van der Waals surface area contributed by atoms with Gasteiger partial charge in [0.25, 0.3) is 0 Å². The summed E-state index contributed by atoms with van der Waals surface area (Å²) in [6, 6.07) is 4.08. The van der Waals surface area contributed by atoms with Gasteiger partial charge in [0, 0.05) is 11.1 Å². The van der Waals surface area contributed by atoms with Crippen LogP contribution in [0.15, 0.2) is 12.1 Å². The van der Waals surface area contributed by atoms with E-state index in [-0.39, 0.29) is 5.54 Å². The average Bonchev–Trinajstić information content (AvgIpc) is 2.28. The van der Waals surface area contributed by atoms with Crippen molar-refractivity contribution in [3.8, 4) is 11.5 Å². The van der Waals surface area contributed by atoms with Gasteiger partial charge in [-0.25, -0.2) is 0 Å². The molecule has 0 saturated heterocycles. The molecule has 1 aromatic carbocycles. The lowest BCUT2D eigenvalue weighted by Gasteiger charge is -2.21. The van der Waals surface area contributed by atoms with E-state index in [1.807, 2.05) is 13.0 Å². The Labute approximate surface area is 110 Å². The molecule has 3 heteroatoms. The molecule has 0 aliphatic rings. The minimum atomic E-state index is 0.148. The molecule has 18 heavy (non-hydrogen) atoms. The highest BCUT2D eigenvalue weighted by Crippen LogP contribution is 2.31. The molecule has 0 saturated carbocycles. The molecule has 102 valence electrons. The summed E-state index contributed by atoms with van der Waals surface area (Å²) in [5.41, 5.74) is 2.43. The first kappa shape index (κ1) is 14.8. The predicted octanol–water partition coefficient (Wildman–Crippen LogP) is 2.94. The second kappa shape index (κ2) is 6.10. The monoisotopic (exact) mass is 251 g/mol. The largest absolute Gasteiger partial charge is 0.496 e. The number of rotatable bonds is 5. The Bertz CT molecular complexity index is 394. The first-order valence-corrected chi connectivity index (χ1v) is 6.34. The summed E-state index contributed by atoms with van der Waals surface area (Å²) < 4.78 is 10.8. The number of methoxy groups -OCH3 is 2. The van der Waals surface area contributed by atoms with Crippen molar-refractivity contribution in [3.63, 3.8) is 0 Å². The van der Waals surface area contributed by atoms with Crippen LogP contribution in [0.25, 0.3) is 0 Å². The fraction of sp³-hybridized carbons (Fsp3) is 0.600. The van der Waals surface area contributed by atoms with Crippen LogP contribution in [0, 0.1) is 6.92 Å². The van der Waals surface area contributed by atoms with Crippen LogP contribution in [0.4, 0.5) is 0 Å². The third-order valence-electron chi connectivity index (χ3n) is 2.91. The highest BCUT2D eigenvalue weighted by atomic mass is 16.5. The van der Waals surface area contributed by atoms with Crippen molar-refractivity contribution in [2.75, 3.05) is 20.8 Å². The highest BCUT2D eigenvalue weighted by molar-refractivity contribution is 5.49. The maximum Gasteiger partial charge on any atom is 0.128 e. The molecule has 0 radical (unpaired) electrons. The number of hydrogen-bond acceptors (Lipinski definition) is 3. The van der Waals surface area contributed by atoms with Gasteiger partial charge in [-0.15, -0.1) is 0 Å². The van der Waals surface area contributed by atoms with Crippen molar-refractivity contribution in [2.24, 2.45) is 0 Å². The van der Waals surface area contributed by atoms with Gasteiger partial charge in [-0.05, 0) is 52.3 Å². The van der Waals surface area contributed by atoms with E-state index in [1.54, 1.807) is 14.2 Å². The van der Waals surface area contributed by atoms with E-state index >= 15 is 0 Å². The molecule has 0 bridgehead atoms. The molecular weight excluding hydrogens is 226 g/mol. The highest BCUT2D eigenvalue weighted by Gasteiger charge is 2.12. The number of benzene rings is 1. The van der Waals surface area contributed by atoms with E-state index < -0.39 is 0 Å². The Morgan fingerprint density at radius 3 is 2.28 bits per heavy atom. The minimum absolute atomic E-state index is 0.148. The summed E-state index contributed by atoms with van der Waals surface area (Å²) in [6.45, 7) is 9.47.